The van der Waals surface area contributed by atoms with Gasteiger partial charge in [-0.2, -0.15) is 0 Å². The third kappa shape index (κ3) is 6.09. The summed E-state index contributed by atoms with van der Waals surface area (Å²) in [4.78, 5) is 11.0. The number of hydrogen-bond donors (Lipinski definition) is 2. The average molecular weight is 426 g/mol. The molecule has 0 bridgehead atoms. The highest BCUT2D eigenvalue weighted by Gasteiger charge is 2.14. The van der Waals surface area contributed by atoms with Crippen LogP contribution < -0.4 is 9.46 Å². The largest absolute Gasteiger partial charge is 0.487 e. The first-order valence-corrected chi connectivity index (χ1v) is 11.1. The Balaban J connectivity index is 1.69. The maximum Gasteiger partial charge on any atom is 0.335 e. The van der Waals surface area contributed by atoms with E-state index in [4.69, 9.17) is 9.84 Å². The number of aromatic carboxylic acids is 1. The van der Waals surface area contributed by atoms with Gasteiger partial charge in [0.15, 0.2) is 0 Å². The van der Waals surface area contributed by atoms with E-state index < -0.39 is 16.0 Å². The third-order valence-electron chi connectivity index (χ3n) is 4.50. The van der Waals surface area contributed by atoms with Crippen molar-refractivity contribution in [1.82, 2.24) is 0 Å². The highest BCUT2D eigenvalue weighted by Crippen LogP contribution is 2.28. The topological polar surface area (TPSA) is 92.7 Å². The quantitative estimate of drug-likeness (QED) is 0.534. The highest BCUT2D eigenvalue weighted by molar-refractivity contribution is 7.92. The van der Waals surface area contributed by atoms with Crippen LogP contribution in [0.4, 0.5) is 5.69 Å². The van der Waals surface area contributed by atoms with Crippen LogP contribution in [0.2, 0.25) is 0 Å². The molecule has 6 nitrogen and oxygen atoms in total. The zero-order valence-electron chi connectivity index (χ0n) is 16.5. The first-order chi connectivity index (χ1) is 14.3. The number of hydrogen-bond acceptors (Lipinski definition) is 4. The Morgan fingerprint density at radius 2 is 1.67 bits per heavy atom. The first kappa shape index (κ1) is 21.4. The number of ether oxygens (including phenoxy) is 1. The van der Waals surface area contributed by atoms with Crippen LogP contribution in [0.1, 0.15) is 27.0 Å². The molecule has 2 N–H and O–H groups in total. The molecule has 0 aromatic heterocycles. The van der Waals surface area contributed by atoms with Crippen LogP contribution in [0.15, 0.2) is 72.8 Å². The van der Waals surface area contributed by atoms with Crippen LogP contribution in [0.3, 0.4) is 0 Å². The van der Waals surface area contributed by atoms with Gasteiger partial charge in [-0.3, -0.25) is 4.72 Å². The van der Waals surface area contributed by atoms with E-state index >= 15 is 0 Å². The molecule has 3 aromatic rings. The second-order valence-electron chi connectivity index (χ2n) is 6.95. The maximum absolute atomic E-state index is 12.6. The van der Waals surface area contributed by atoms with Gasteiger partial charge in [-0.25, -0.2) is 13.2 Å². The molecule has 3 rings (SSSR count). The SMILES string of the molecule is Cc1ccc(NS(=O)(=O)CCc2ccccc2)c(OCc2ccc(C(=O)O)cc2)c1. The lowest BCUT2D eigenvalue weighted by atomic mass is 10.1. The van der Waals surface area contributed by atoms with Crippen molar-refractivity contribution in [1.29, 1.82) is 0 Å². The Kier molecular flexibility index (Phi) is 6.74. The van der Waals surface area contributed by atoms with Crippen LogP contribution in [0, 0.1) is 6.92 Å². The lowest BCUT2D eigenvalue weighted by Crippen LogP contribution is -2.18. The fourth-order valence-electron chi connectivity index (χ4n) is 2.85. The van der Waals surface area contributed by atoms with Crippen LogP contribution in [-0.4, -0.2) is 25.2 Å². The van der Waals surface area contributed by atoms with Crippen molar-refractivity contribution >= 4 is 21.7 Å². The molecule has 156 valence electrons. The van der Waals surface area contributed by atoms with Crippen molar-refractivity contribution in [3.05, 3.63) is 95.1 Å². The molecule has 0 fully saturated rings. The Bertz CT molecular complexity index is 1110. The molecule has 0 aliphatic carbocycles. The molecule has 0 saturated carbocycles. The van der Waals surface area contributed by atoms with Gasteiger partial charge in [0.1, 0.15) is 12.4 Å². The summed E-state index contributed by atoms with van der Waals surface area (Å²) in [5.41, 5.74) is 3.22. The number of anilines is 1. The Hall–Kier alpha value is -3.32. The minimum atomic E-state index is -3.56. The molecular formula is C23H23NO5S. The van der Waals surface area contributed by atoms with Crippen molar-refractivity contribution in [2.24, 2.45) is 0 Å². The monoisotopic (exact) mass is 425 g/mol. The number of benzene rings is 3. The van der Waals surface area contributed by atoms with Gasteiger partial charge in [-0.15, -0.1) is 0 Å². The second-order valence-corrected chi connectivity index (χ2v) is 8.79. The van der Waals surface area contributed by atoms with E-state index in [9.17, 15) is 13.2 Å². The van der Waals surface area contributed by atoms with E-state index in [0.717, 1.165) is 16.7 Å². The summed E-state index contributed by atoms with van der Waals surface area (Å²) >= 11 is 0. The average Bonchev–Trinajstić information content (AvgIpc) is 2.73. The minimum Gasteiger partial charge on any atom is -0.487 e. The smallest absolute Gasteiger partial charge is 0.335 e. The summed E-state index contributed by atoms with van der Waals surface area (Å²) in [7, 11) is -3.56. The molecule has 0 heterocycles. The number of carbonyl (C=O) groups is 1. The van der Waals surface area contributed by atoms with Gasteiger partial charge in [0.25, 0.3) is 0 Å². The van der Waals surface area contributed by atoms with Crippen LogP contribution in [-0.2, 0) is 23.1 Å². The summed E-state index contributed by atoms with van der Waals surface area (Å²) in [5.74, 6) is -0.616. The van der Waals surface area contributed by atoms with Crippen molar-refractivity contribution in [3.8, 4) is 5.75 Å². The molecule has 3 aromatic carbocycles. The van der Waals surface area contributed by atoms with Crippen molar-refractivity contribution in [2.75, 3.05) is 10.5 Å². The summed E-state index contributed by atoms with van der Waals surface area (Å²) in [6, 6.07) is 21.0. The van der Waals surface area contributed by atoms with Crippen LogP contribution in [0.25, 0.3) is 0 Å². The van der Waals surface area contributed by atoms with E-state index in [-0.39, 0.29) is 17.9 Å². The minimum absolute atomic E-state index is 0.0407. The fourth-order valence-corrected chi connectivity index (χ4v) is 3.96. The van der Waals surface area contributed by atoms with E-state index in [1.807, 2.05) is 43.3 Å². The molecule has 30 heavy (non-hydrogen) atoms. The Morgan fingerprint density at radius 3 is 2.33 bits per heavy atom. The molecule has 0 aliphatic rings. The van der Waals surface area contributed by atoms with Gasteiger partial charge >= 0.3 is 5.97 Å². The van der Waals surface area contributed by atoms with Crippen LogP contribution in [0.5, 0.6) is 5.75 Å². The number of nitrogens with one attached hydrogen (secondary N) is 1. The molecule has 0 saturated heterocycles. The van der Waals surface area contributed by atoms with Gasteiger partial charge in [0.2, 0.25) is 10.0 Å². The first-order valence-electron chi connectivity index (χ1n) is 9.42. The molecular weight excluding hydrogens is 402 g/mol. The molecule has 0 amide bonds. The zero-order valence-corrected chi connectivity index (χ0v) is 17.4. The number of aryl methyl sites for hydroxylation is 2. The number of rotatable bonds is 9. The lowest BCUT2D eigenvalue weighted by molar-refractivity contribution is 0.0697. The molecule has 7 heteroatoms. The normalized spacial score (nSPS) is 11.1. The van der Waals surface area contributed by atoms with E-state index in [2.05, 4.69) is 4.72 Å². The molecule has 0 spiro atoms. The number of carboxylic acids is 1. The molecule has 0 aliphatic heterocycles. The summed E-state index contributed by atoms with van der Waals surface area (Å²) in [5, 5.41) is 8.98. The van der Waals surface area contributed by atoms with E-state index in [1.54, 1.807) is 24.3 Å². The van der Waals surface area contributed by atoms with E-state index in [1.165, 1.54) is 12.1 Å². The summed E-state index contributed by atoms with van der Waals surface area (Å²) in [6.07, 6.45) is 0.411. The predicted octanol–water partition coefficient (Wildman–Crippen LogP) is 4.26. The number of carboxylic acid groups (broad SMARTS) is 1. The van der Waals surface area contributed by atoms with Crippen LogP contribution >= 0.6 is 0 Å². The van der Waals surface area contributed by atoms with E-state index in [0.29, 0.717) is 17.9 Å². The third-order valence-corrected chi connectivity index (χ3v) is 5.77. The lowest BCUT2D eigenvalue weighted by Gasteiger charge is -2.15. The standard InChI is InChI=1S/C23H23NO5S/c1-17-7-12-21(24-30(27,28)14-13-18-5-3-2-4-6-18)22(15-17)29-16-19-8-10-20(11-9-19)23(25)26/h2-12,15,24H,13-14,16H2,1H3,(H,25,26). The van der Waals surface area contributed by atoms with Gasteiger partial charge in [0, 0.05) is 0 Å². The zero-order chi connectivity index (χ0) is 21.6. The molecule has 0 unspecified atom stereocenters. The van der Waals surface area contributed by atoms with Crippen molar-refractivity contribution in [2.45, 2.75) is 20.0 Å². The van der Waals surface area contributed by atoms with Crippen molar-refractivity contribution in [3.63, 3.8) is 0 Å². The summed E-state index contributed by atoms with van der Waals surface area (Å²) in [6.45, 7) is 2.07. The summed E-state index contributed by atoms with van der Waals surface area (Å²) < 4.78 is 33.6. The molecule has 0 atom stereocenters. The van der Waals surface area contributed by atoms with Gasteiger partial charge in [0.05, 0.1) is 17.0 Å². The molecule has 0 radical (unpaired) electrons. The Morgan fingerprint density at radius 1 is 0.967 bits per heavy atom. The van der Waals surface area contributed by atoms with Gasteiger partial charge in [-0.05, 0) is 54.3 Å². The van der Waals surface area contributed by atoms with Crippen molar-refractivity contribution < 1.29 is 23.1 Å². The number of sulfonamides is 1. The highest BCUT2D eigenvalue weighted by atomic mass is 32.2. The fraction of sp³-hybridized carbons (Fsp3) is 0.174. The predicted molar refractivity (Wildman–Crippen MR) is 116 cm³/mol. The van der Waals surface area contributed by atoms with Gasteiger partial charge in [-0.1, -0.05) is 48.5 Å². The maximum atomic E-state index is 12.6. The van der Waals surface area contributed by atoms with Gasteiger partial charge < -0.3 is 9.84 Å². The Labute approximate surface area is 176 Å². The second kappa shape index (κ2) is 9.45.